The summed E-state index contributed by atoms with van der Waals surface area (Å²) in [7, 11) is 0. The van der Waals surface area contributed by atoms with Gasteiger partial charge in [0.2, 0.25) is 17.7 Å². The molecule has 140 valence electrons. The van der Waals surface area contributed by atoms with Crippen LogP contribution < -0.4 is 11.1 Å². The van der Waals surface area contributed by atoms with Gasteiger partial charge in [-0.15, -0.1) is 0 Å². The minimum Gasteiger partial charge on any atom is -0.480 e. The Morgan fingerprint density at radius 3 is 2.04 bits per heavy atom. The summed E-state index contributed by atoms with van der Waals surface area (Å²) in [6, 6.07) is -3.01. The van der Waals surface area contributed by atoms with Crippen LogP contribution in [0.5, 0.6) is 0 Å². The quantitative estimate of drug-likeness (QED) is 0.574. The smallest absolute Gasteiger partial charge is 0.326 e. The highest BCUT2D eigenvalue weighted by atomic mass is 16.4. The van der Waals surface area contributed by atoms with Crippen molar-refractivity contribution in [3.8, 4) is 0 Å². The number of carboxylic acids is 1. The monoisotopic (exact) mass is 354 g/mol. The van der Waals surface area contributed by atoms with Crippen molar-refractivity contribution in [3.05, 3.63) is 0 Å². The summed E-state index contributed by atoms with van der Waals surface area (Å²) >= 11 is 0. The van der Waals surface area contributed by atoms with Crippen molar-refractivity contribution in [1.82, 2.24) is 15.1 Å². The fourth-order valence-corrected chi connectivity index (χ4v) is 3.47. The van der Waals surface area contributed by atoms with Crippen LogP contribution in [-0.4, -0.2) is 75.9 Å². The van der Waals surface area contributed by atoms with Crippen LogP contribution in [-0.2, 0) is 19.2 Å². The van der Waals surface area contributed by atoms with E-state index in [1.807, 2.05) is 0 Å². The Morgan fingerprint density at radius 2 is 1.52 bits per heavy atom. The number of nitrogens with two attached hydrogens (primary N) is 1. The molecule has 25 heavy (non-hydrogen) atoms. The normalized spacial score (nSPS) is 25.6. The Balaban J connectivity index is 1.98. The summed E-state index contributed by atoms with van der Waals surface area (Å²) in [5.41, 5.74) is 5.61. The molecule has 9 heteroatoms. The number of aliphatic carboxylic acids is 1. The summed E-state index contributed by atoms with van der Waals surface area (Å²) in [5.74, 6) is -2.14. The van der Waals surface area contributed by atoms with Crippen molar-refractivity contribution >= 4 is 23.7 Å². The predicted octanol–water partition coefficient (Wildman–Crippen LogP) is -1.10. The van der Waals surface area contributed by atoms with Crippen LogP contribution in [0.1, 0.15) is 39.5 Å². The number of hydrogen-bond donors (Lipinski definition) is 3. The minimum atomic E-state index is -1.03. The molecule has 9 nitrogen and oxygen atoms in total. The van der Waals surface area contributed by atoms with Gasteiger partial charge >= 0.3 is 5.97 Å². The van der Waals surface area contributed by atoms with E-state index in [1.54, 1.807) is 6.92 Å². The van der Waals surface area contributed by atoms with Crippen molar-refractivity contribution < 1.29 is 24.3 Å². The van der Waals surface area contributed by atoms with Crippen LogP contribution in [0.3, 0.4) is 0 Å². The third kappa shape index (κ3) is 4.09. The topological polar surface area (TPSA) is 133 Å². The van der Waals surface area contributed by atoms with E-state index in [2.05, 4.69) is 5.32 Å². The predicted molar refractivity (Wildman–Crippen MR) is 88.4 cm³/mol. The molecule has 3 amide bonds. The van der Waals surface area contributed by atoms with E-state index in [-0.39, 0.29) is 5.91 Å². The average Bonchev–Trinajstić information content (AvgIpc) is 3.21. The van der Waals surface area contributed by atoms with Crippen molar-refractivity contribution in [2.45, 2.75) is 63.7 Å². The number of amides is 3. The molecule has 4 atom stereocenters. The molecule has 2 aliphatic rings. The molecule has 0 aliphatic carbocycles. The molecule has 0 bridgehead atoms. The Labute approximate surface area is 146 Å². The van der Waals surface area contributed by atoms with E-state index in [0.29, 0.717) is 38.8 Å². The molecule has 2 rings (SSSR count). The van der Waals surface area contributed by atoms with Gasteiger partial charge in [-0.1, -0.05) is 0 Å². The van der Waals surface area contributed by atoms with Crippen LogP contribution in [0.15, 0.2) is 0 Å². The number of carboxylic acid groups (broad SMARTS) is 1. The molecule has 2 aliphatic heterocycles. The lowest BCUT2D eigenvalue weighted by Crippen LogP contribution is -2.55. The van der Waals surface area contributed by atoms with Crippen molar-refractivity contribution in [2.24, 2.45) is 5.73 Å². The Morgan fingerprint density at radius 1 is 1.00 bits per heavy atom. The van der Waals surface area contributed by atoms with Gasteiger partial charge < -0.3 is 26.0 Å². The van der Waals surface area contributed by atoms with Crippen molar-refractivity contribution in [3.63, 3.8) is 0 Å². The lowest BCUT2D eigenvalue weighted by atomic mass is 10.1. The van der Waals surface area contributed by atoms with Gasteiger partial charge in [0.1, 0.15) is 18.1 Å². The van der Waals surface area contributed by atoms with Gasteiger partial charge in [-0.3, -0.25) is 14.4 Å². The van der Waals surface area contributed by atoms with Gasteiger partial charge in [0.05, 0.1) is 6.04 Å². The van der Waals surface area contributed by atoms with Crippen LogP contribution in [0.2, 0.25) is 0 Å². The second-order valence-corrected chi connectivity index (χ2v) is 6.74. The zero-order valence-electron chi connectivity index (χ0n) is 14.6. The molecule has 0 unspecified atom stereocenters. The second-order valence-electron chi connectivity index (χ2n) is 6.74. The fourth-order valence-electron chi connectivity index (χ4n) is 3.47. The fraction of sp³-hybridized carbons (Fsp3) is 0.750. The zero-order valence-corrected chi connectivity index (χ0v) is 14.6. The number of nitrogens with one attached hydrogen (secondary N) is 1. The van der Waals surface area contributed by atoms with E-state index in [0.717, 1.165) is 0 Å². The molecule has 2 saturated heterocycles. The standard InChI is InChI=1S/C16H26N4O5/c1-9(17)14(22)19-7-3-5-11(19)13(21)18-10(2)15(23)20-8-4-6-12(20)16(24)25/h9-12H,3-8,17H2,1-2H3,(H,18,21)(H,24,25)/t9-,10-,11-,12-/m0/s1. The third-order valence-corrected chi connectivity index (χ3v) is 4.78. The average molecular weight is 354 g/mol. The molecular weight excluding hydrogens is 328 g/mol. The highest BCUT2D eigenvalue weighted by Crippen LogP contribution is 2.20. The van der Waals surface area contributed by atoms with E-state index < -0.39 is 42.0 Å². The highest BCUT2D eigenvalue weighted by Gasteiger charge is 2.39. The molecule has 0 spiro atoms. The Bertz CT molecular complexity index is 565. The largest absolute Gasteiger partial charge is 0.480 e. The van der Waals surface area contributed by atoms with E-state index in [4.69, 9.17) is 5.73 Å². The molecule has 2 fully saturated rings. The summed E-state index contributed by atoms with van der Waals surface area (Å²) in [6.07, 6.45) is 2.27. The molecule has 4 N–H and O–H groups in total. The van der Waals surface area contributed by atoms with Gasteiger partial charge in [0, 0.05) is 13.1 Å². The van der Waals surface area contributed by atoms with E-state index >= 15 is 0 Å². The van der Waals surface area contributed by atoms with Crippen LogP contribution in [0.4, 0.5) is 0 Å². The summed E-state index contributed by atoms with van der Waals surface area (Å²) < 4.78 is 0. The Kier molecular flexibility index (Phi) is 5.99. The first-order valence-corrected chi connectivity index (χ1v) is 8.63. The molecule has 0 saturated carbocycles. The number of carbonyl (C=O) groups is 4. The summed E-state index contributed by atoms with van der Waals surface area (Å²) in [5, 5.41) is 11.8. The number of likely N-dealkylation sites (tertiary alicyclic amines) is 2. The maximum Gasteiger partial charge on any atom is 0.326 e. The molecule has 0 aromatic heterocycles. The number of hydrogen-bond acceptors (Lipinski definition) is 5. The number of carbonyl (C=O) groups excluding carboxylic acids is 3. The van der Waals surface area contributed by atoms with Gasteiger partial charge in [0.25, 0.3) is 0 Å². The third-order valence-electron chi connectivity index (χ3n) is 4.78. The van der Waals surface area contributed by atoms with E-state index in [1.165, 1.54) is 16.7 Å². The SMILES string of the molecule is C[C@H](N)C(=O)N1CCC[C@H]1C(=O)N[C@@H](C)C(=O)N1CCC[C@H]1C(=O)O. The molecule has 0 aromatic carbocycles. The first-order valence-electron chi connectivity index (χ1n) is 8.63. The lowest BCUT2D eigenvalue weighted by Gasteiger charge is -2.28. The van der Waals surface area contributed by atoms with Gasteiger partial charge in [-0.2, -0.15) is 0 Å². The van der Waals surface area contributed by atoms with Crippen molar-refractivity contribution in [1.29, 1.82) is 0 Å². The summed E-state index contributed by atoms with van der Waals surface area (Å²) in [4.78, 5) is 51.0. The first-order chi connectivity index (χ1) is 11.7. The molecule has 0 aromatic rings. The molecule has 2 heterocycles. The van der Waals surface area contributed by atoms with Crippen LogP contribution >= 0.6 is 0 Å². The maximum absolute atomic E-state index is 12.5. The van der Waals surface area contributed by atoms with Gasteiger partial charge in [-0.05, 0) is 39.5 Å². The van der Waals surface area contributed by atoms with Crippen LogP contribution in [0.25, 0.3) is 0 Å². The van der Waals surface area contributed by atoms with Gasteiger partial charge in [-0.25, -0.2) is 4.79 Å². The van der Waals surface area contributed by atoms with E-state index in [9.17, 15) is 24.3 Å². The maximum atomic E-state index is 12.5. The van der Waals surface area contributed by atoms with Crippen LogP contribution in [0, 0.1) is 0 Å². The zero-order chi connectivity index (χ0) is 18.7. The first kappa shape index (κ1) is 19.2. The van der Waals surface area contributed by atoms with Crippen molar-refractivity contribution in [2.75, 3.05) is 13.1 Å². The number of rotatable bonds is 5. The second kappa shape index (κ2) is 7.81. The Hall–Kier alpha value is -2.16. The lowest BCUT2D eigenvalue weighted by molar-refractivity contribution is -0.149. The molecule has 0 radical (unpaired) electrons. The number of nitrogens with zero attached hydrogens (tertiary/aromatic N) is 2. The minimum absolute atomic E-state index is 0.290. The summed E-state index contributed by atoms with van der Waals surface area (Å²) in [6.45, 7) is 3.94. The highest BCUT2D eigenvalue weighted by molar-refractivity contribution is 5.94. The molecular formula is C16H26N4O5. The van der Waals surface area contributed by atoms with Gasteiger partial charge in [0.15, 0.2) is 0 Å².